The zero-order chi connectivity index (χ0) is 18.3. The molecule has 3 aromatic rings. The van der Waals surface area contributed by atoms with Crippen molar-refractivity contribution in [3.63, 3.8) is 0 Å². The van der Waals surface area contributed by atoms with E-state index in [1.165, 1.54) is 0 Å². The summed E-state index contributed by atoms with van der Waals surface area (Å²) in [5.74, 6) is -0.234. The SMILES string of the molecule is NC(N)=Nc1nc2[nH]n(-c3ccc([N+](=O)[O-])cc3[N+](=O)[O-])c(=O)c2s1. The quantitative estimate of drug-likeness (QED) is 0.257. The van der Waals surface area contributed by atoms with Gasteiger partial charge in [-0.3, -0.25) is 30.1 Å². The number of nitrogens with zero attached hydrogens (tertiary/aromatic N) is 5. The van der Waals surface area contributed by atoms with E-state index in [1.807, 2.05) is 0 Å². The highest BCUT2D eigenvalue weighted by Gasteiger charge is 2.24. The Kier molecular flexibility index (Phi) is 3.65. The lowest BCUT2D eigenvalue weighted by molar-refractivity contribution is -0.394. The van der Waals surface area contributed by atoms with Gasteiger partial charge in [0.15, 0.2) is 11.6 Å². The smallest absolute Gasteiger partial charge is 0.301 e. The first-order chi connectivity index (χ1) is 11.8. The third kappa shape index (κ3) is 2.76. The zero-order valence-electron chi connectivity index (χ0n) is 12.1. The Balaban J connectivity index is 2.20. The maximum Gasteiger partial charge on any atom is 0.301 e. The van der Waals surface area contributed by atoms with E-state index in [1.54, 1.807) is 0 Å². The van der Waals surface area contributed by atoms with Crippen LogP contribution in [-0.2, 0) is 0 Å². The molecule has 0 aliphatic heterocycles. The van der Waals surface area contributed by atoms with Gasteiger partial charge in [-0.25, -0.2) is 4.68 Å². The molecule has 0 amide bonds. The third-order valence-corrected chi connectivity index (χ3v) is 4.00. The molecule has 5 N–H and O–H groups in total. The van der Waals surface area contributed by atoms with E-state index in [4.69, 9.17) is 11.5 Å². The molecule has 0 bridgehead atoms. The molecule has 1 aromatic carbocycles. The summed E-state index contributed by atoms with van der Waals surface area (Å²) in [5.41, 5.74) is 8.75. The molecule has 2 aromatic heterocycles. The standard InChI is InChI=1S/C11H8N8O5S/c12-10(13)15-11-14-8-7(25-11)9(20)17(16-8)5-2-1-4(18(21)22)3-6(5)19(23)24/h1-3,16H,(H4,12,13,14,15). The Hall–Kier alpha value is -3.81. The molecule has 0 saturated carbocycles. The van der Waals surface area contributed by atoms with Crippen molar-refractivity contribution in [2.75, 3.05) is 0 Å². The molecule has 2 heterocycles. The second-order valence-corrected chi connectivity index (χ2v) is 5.63. The van der Waals surface area contributed by atoms with Crippen LogP contribution in [0.2, 0.25) is 0 Å². The number of hydrogen-bond acceptors (Lipinski definition) is 8. The Morgan fingerprint density at radius 1 is 1.28 bits per heavy atom. The highest BCUT2D eigenvalue weighted by Crippen LogP contribution is 2.29. The van der Waals surface area contributed by atoms with Crippen molar-refractivity contribution >= 4 is 44.1 Å². The van der Waals surface area contributed by atoms with Crippen molar-refractivity contribution in [1.82, 2.24) is 14.8 Å². The highest BCUT2D eigenvalue weighted by molar-refractivity contribution is 7.21. The molecule has 0 aliphatic carbocycles. The number of nitrogens with two attached hydrogens (primary N) is 2. The number of H-pyrrole nitrogens is 1. The molecule has 0 radical (unpaired) electrons. The van der Waals surface area contributed by atoms with Crippen molar-refractivity contribution in [3.8, 4) is 5.69 Å². The number of aromatic amines is 1. The molecule has 0 aliphatic rings. The fraction of sp³-hybridized carbons (Fsp3) is 0. The summed E-state index contributed by atoms with van der Waals surface area (Å²) in [6.45, 7) is 0. The lowest BCUT2D eigenvalue weighted by atomic mass is 10.2. The second-order valence-electron chi connectivity index (χ2n) is 4.65. The van der Waals surface area contributed by atoms with Crippen LogP contribution in [0, 0.1) is 20.2 Å². The van der Waals surface area contributed by atoms with Crippen LogP contribution in [0.3, 0.4) is 0 Å². The topological polar surface area (TPSA) is 201 Å². The van der Waals surface area contributed by atoms with Gasteiger partial charge < -0.3 is 11.5 Å². The van der Waals surface area contributed by atoms with Crippen LogP contribution in [0.25, 0.3) is 16.0 Å². The molecule has 3 rings (SSSR count). The number of fused-ring (bicyclic) bond motifs is 1. The van der Waals surface area contributed by atoms with E-state index < -0.39 is 26.8 Å². The summed E-state index contributed by atoms with van der Waals surface area (Å²) in [6.07, 6.45) is 0. The van der Waals surface area contributed by atoms with Crippen LogP contribution in [0.4, 0.5) is 16.5 Å². The monoisotopic (exact) mass is 364 g/mol. The lowest BCUT2D eigenvalue weighted by Crippen LogP contribution is -2.21. The van der Waals surface area contributed by atoms with Gasteiger partial charge in [0.05, 0.1) is 15.9 Å². The molecule has 14 heteroatoms. The first-order valence-corrected chi connectivity index (χ1v) is 7.24. The molecule has 0 atom stereocenters. The number of nitrogens with one attached hydrogen (secondary N) is 1. The lowest BCUT2D eigenvalue weighted by Gasteiger charge is -2.02. The third-order valence-electron chi connectivity index (χ3n) is 3.06. The number of aliphatic imine (C=N–C) groups is 1. The predicted molar refractivity (Wildman–Crippen MR) is 88.3 cm³/mol. The average molecular weight is 364 g/mol. The van der Waals surface area contributed by atoms with Crippen LogP contribution in [-0.4, -0.2) is 30.6 Å². The zero-order valence-corrected chi connectivity index (χ0v) is 12.9. The van der Waals surface area contributed by atoms with Crippen molar-refractivity contribution in [1.29, 1.82) is 0 Å². The Morgan fingerprint density at radius 3 is 2.56 bits per heavy atom. The van der Waals surface area contributed by atoms with Crippen molar-refractivity contribution in [3.05, 3.63) is 48.8 Å². The van der Waals surface area contributed by atoms with E-state index in [-0.39, 0.29) is 27.1 Å². The fourth-order valence-electron chi connectivity index (χ4n) is 2.08. The Bertz CT molecular complexity index is 1110. The summed E-state index contributed by atoms with van der Waals surface area (Å²) in [6, 6.07) is 2.94. The van der Waals surface area contributed by atoms with E-state index in [2.05, 4.69) is 15.1 Å². The normalized spacial score (nSPS) is 10.7. The van der Waals surface area contributed by atoms with Crippen molar-refractivity contribution in [2.45, 2.75) is 0 Å². The van der Waals surface area contributed by atoms with Gasteiger partial charge in [0.2, 0.25) is 5.13 Å². The number of nitro groups is 2. The minimum absolute atomic E-state index is 0.127. The van der Waals surface area contributed by atoms with Crippen LogP contribution in [0.15, 0.2) is 28.0 Å². The summed E-state index contributed by atoms with van der Waals surface area (Å²) in [4.78, 5) is 40.6. The molecule has 0 spiro atoms. The van der Waals surface area contributed by atoms with Gasteiger partial charge in [-0.2, -0.15) is 9.98 Å². The molecule has 128 valence electrons. The van der Waals surface area contributed by atoms with Crippen LogP contribution < -0.4 is 17.0 Å². The number of aromatic nitrogens is 3. The molecule has 0 unspecified atom stereocenters. The van der Waals surface area contributed by atoms with E-state index in [0.29, 0.717) is 0 Å². The minimum atomic E-state index is -0.817. The fourth-order valence-corrected chi connectivity index (χ4v) is 2.91. The minimum Gasteiger partial charge on any atom is -0.370 e. The van der Waals surface area contributed by atoms with Gasteiger partial charge in [0.25, 0.3) is 11.2 Å². The number of thiazole rings is 1. The van der Waals surface area contributed by atoms with Gasteiger partial charge in [0.1, 0.15) is 10.4 Å². The highest BCUT2D eigenvalue weighted by atomic mass is 32.1. The van der Waals surface area contributed by atoms with Gasteiger partial charge in [-0.1, -0.05) is 11.3 Å². The maximum absolute atomic E-state index is 12.5. The molecular formula is C11H8N8O5S. The van der Waals surface area contributed by atoms with Crippen molar-refractivity contribution in [2.24, 2.45) is 16.5 Å². The summed E-state index contributed by atoms with van der Waals surface area (Å²) >= 11 is 0.889. The number of rotatable bonds is 4. The summed E-state index contributed by atoms with van der Waals surface area (Å²) in [5, 5.41) is 24.7. The number of guanidine groups is 1. The van der Waals surface area contributed by atoms with Crippen LogP contribution >= 0.6 is 11.3 Å². The van der Waals surface area contributed by atoms with Crippen LogP contribution in [0.1, 0.15) is 0 Å². The maximum atomic E-state index is 12.5. The van der Waals surface area contributed by atoms with Crippen molar-refractivity contribution < 1.29 is 9.85 Å². The number of non-ortho nitro benzene ring substituents is 1. The van der Waals surface area contributed by atoms with Gasteiger partial charge in [-0.05, 0) is 6.07 Å². The average Bonchev–Trinajstić information content (AvgIpc) is 3.05. The molecule has 25 heavy (non-hydrogen) atoms. The van der Waals surface area contributed by atoms with E-state index in [0.717, 1.165) is 34.2 Å². The predicted octanol–water partition coefficient (Wildman–Crippen LogP) is 0.497. The van der Waals surface area contributed by atoms with Gasteiger partial charge in [0, 0.05) is 6.07 Å². The van der Waals surface area contributed by atoms with Gasteiger partial charge >= 0.3 is 5.69 Å². The van der Waals surface area contributed by atoms with E-state index >= 15 is 0 Å². The summed E-state index contributed by atoms with van der Waals surface area (Å²) < 4.78 is 1.03. The molecule has 0 saturated heterocycles. The number of benzene rings is 1. The first kappa shape index (κ1) is 16.1. The Labute approximate surface area is 140 Å². The van der Waals surface area contributed by atoms with Crippen LogP contribution in [0.5, 0.6) is 0 Å². The molecule has 13 nitrogen and oxygen atoms in total. The largest absolute Gasteiger partial charge is 0.370 e. The molecule has 0 fully saturated rings. The summed E-state index contributed by atoms with van der Waals surface area (Å²) in [7, 11) is 0. The molecular weight excluding hydrogens is 356 g/mol. The number of hydrogen-bond donors (Lipinski definition) is 3. The second kappa shape index (κ2) is 5.68. The Morgan fingerprint density at radius 2 is 2.00 bits per heavy atom. The first-order valence-electron chi connectivity index (χ1n) is 6.42. The van der Waals surface area contributed by atoms with E-state index in [9.17, 15) is 25.0 Å². The number of nitro benzene ring substituents is 2. The van der Waals surface area contributed by atoms with Gasteiger partial charge in [-0.15, -0.1) is 0 Å².